The van der Waals surface area contributed by atoms with E-state index >= 15 is 0 Å². The van der Waals surface area contributed by atoms with Gasteiger partial charge < -0.3 is 10.5 Å². The molecule has 0 bridgehead atoms. The first kappa shape index (κ1) is 8.59. The van der Waals surface area contributed by atoms with Crippen molar-refractivity contribution in [2.45, 2.75) is 20.0 Å². The first-order valence-corrected chi connectivity index (χ1v) is 3.00. The number of carbonyl (C=O) groups excluding carboxylic acids is 1. The molecule has 0 saturated heterocycles. The molecule has 1 unspecified atom stereocenters. The summed E-state index contributed by atoms with van der Waals surface area (Å²) in [6, 6.07) is 0. The Hall–Kier alpha value is -0.410. The molecule has 0 aliphatic heterocycles. The Bertz CT molecular complexity index is 93.1. The van der Waals surface area contributed by atoms with Crippen molar-refractivity contribution in [3.63, 3.8) is 0 Å². The second-order valence-corrected chi connectivity index (χ2v) is 1.91. The zero-order valence-corrected chi connectivity index (χ0v) is 5.89. The van der Waals surface area contributed by atoms with Crippen LogP contribution in [0, 0.1) is 0 Å². The first-order valence-electron chi connectivity index (χ1n) is 3.00. The third kappa shape index (κ3) is 4.12. The van der Waals surface area contributed by atoms with Crippen molar-refractivity contribution in [3.05, 3.63) is 0 Å². The van der Waals surface area contributed by atoms with Crippen LogP contribution in [0.15, 0.2) is 0 Å². The fourth-order valence-corrected chi connectivity index (χ4v) is 0.362. The predicted molar refractivity (Wildman–Crippen MR) is 35.1 cm³/mol. The Balaban J connectivity index is 3.27. The number of ether oxygens (including phenoxy) is 1. The maximum Gasteiger partial charge on any atom is 0.158 e. The average Bonchev–Trinajstić information content (AvgIpc) is 1.82. The van der Waals surface area contributed by atoms with Gasteiger partial charge in [0, 0.05) is 6.54 Å². The summed E-state index contributed by atoms with van der Waals surface area (Å²) in [4.78, 5) is 10.5. The van der Waals surface area contributed by atoms with Gasteiger partial charge in [-0.1, -0.05) is 0 Å². The van der Waals surface area contributed by atoms with Gasteiger partial charge in [-0.3, -0.25) is 4.79 Å². The minimum absolute atomic E-state index is 0.0449. The number of hydrogen-bond acceptors (Lipinski definition) is 3. The summed E-state index contributed by atoms with van der Waals surface area (Å²) in [6.07, 6.45) is -0.298. The Labute approximate surface area is 55.2 Å². The number of nitrogens with two attached hydrogens (primary N) is 1. The van der Waals surface area contributed by atoms with Gasteiger partial charge in [0.1, 0.15) is 6.10 Å². The van der Waals surface area contributed by atoms with Crippen molar-refractivity contribution < 1.29 is 9.53 Å². The van der Waals surface area contributed by atoms with E-state index in [0.29, 0.717) is 13.2 Å². The Morgan fingerprint density at radius 2 is 2.33 bits per heavy atom. The van der Waals surface area contributed by atoms with Crippen LogP contribution < -0.4 is 5.73 Å². The highest BCUT2D eigenvalue weighted by atomic mass is 16.5. The summed E-state index contributed by atoms with van der Waals surface area (Å²) < 4.78 is 4.98. The normalized spacial score (nSPS) is 13.2. The van der Waals surface area contributed by atoms with Crippen molar-refractivity contribution >= 4 is 5.78 Å². The lowest BCUT2D eigenvalue weighted by Crippen LogP contribution is -2.21. The smallest absolute Gasteiger partial charge is 0.158 e. The molecule has 0 rings (SSSR count). The fourth-order valence-electron chi connectivity index (χ4n) is 0.362. The molecule has 0 aromatic rings. The molecule has 2 N–H and O–H groups in total. The molecule has 0 aliphatic carbocycles. The molecule has 0 heterocycles. The summed E-state index contributed by atoms with van der Waals surface area (Å²) in [7, 11) is 0. The van der Waals surface area contributed by atoms with Crippen LogP contribution in [0.25, 0.3) is 0 Å². The van der Waals surface area contributed by atoms with Crippen molar-refractivity contribution in [3.8, 4) is 0 Å². The van der Waals surface area contributed by atoms with Gasteiger partial charge in [0.25, 0.3) is 0 Å². The van der Waals surface area contributed by atoms with Gasteiger partial charge in [0.15, 0.2) is 5.78 Å². The second kappa shape index (κ2) is 4.47. The van der Waals surface area contributed by atoms with E-state index in [1.807, 2.05) is 0 Å². The summed E-state index contributed by atoms with van der Waals surface area (Å²) in [5.74, 6) is 0.0449. The van der Waals surface area contributed by atoms with Gasteiger partial charge in [0.05, 0.1) is 6.61 Å². The molecule has 0 spiro atoms. The molecule has 0 aliphatic rings. The molecule has 0 radical (unpaired) electrons. The van der Waals surface area contributed by atoms with E-state index in [0.717, 1.165) is 0 Å². The van der Waals surface area contributed by atoms with E-state index in [9.17, 15) is 4.79 Å². The SMILES string of the molecule is CC(=O)C(C)OCCN. The van der Waals surface area contributed by atoms with Gasteiger partial charge in [-0.15, -0.1) is 0 Å². The predicted octanol–water partition coefficient (Wildman–Crippen LogP) is -0.0608. The number of carbonyl (C=O) groups is 1. The standard InChI is InChI=1S/C6H13NO2/c1-5(8)6(2)9-4-3-7/h6H,3-4,7H2,1-2H3. The summed E-state index contributed by atoms with van der Waals surface area (Å²) in [6.45, 7) is 4.15. The van der Waals surface area contributed by atoms with Crippen LogP contribution in [-0.4, -0.2) is 25.0 Å². The summed E-state index contributed by atoms with van der Waals surface area (Å²) in [5, 5.41) is 0. The van der Waals surface area contributed by atoms with E-state index in [4.69, 9.17) is 10.5 Å². The van der Waals surface area contributed by atoms with Gasteiger partial charge >= 0.3 is 0 Å². The molecule has 0 fully saturated rings. The number of hydrogen-bond donors (Lipinski definition) is 1. The molecular weight excluding hydrogens is 118 g/mol. The average molecular weight is 131 g/mol. The minimum Gasteiger partial charge on any atom is -0.369 e. The van der Waals surface area contributed by atoms with Crippen LogP contribution in [0.2, 0.25) is 0 Å². The van der Waals surface area contributed by atoms with E-state index in [-0.39, 0.29) is 11.9 Å². The van der Waals surface area contributed by atoms with Crippen LogP contribution in [0.4, 0.5) is 0 Å². The van der Waals surface area contributed by atoms with Gasteiger partial charge in [-0.25, -0.2) is 0 Å². The molecule has 9 heavy (non-hydrogen) atoms. The highest BCUT2D eigenvalue weighted by molar-refractivity contribution is 5.79. The maximum absolute atomic E-state index is 10.5. The molecular formula is C6H13NO2. The number of Topliss-reactive ketones (excluding diaryl/α,β-unsaturated/α-hetero) is 1. The molecule has 1 atom stereocenters. The monoisotopic (exact) mass is 131 g/mol. The van der Waals surface area contributed by atoms with E-state index < -0.39 is 0 Å². The second-order valence-electron chi connectivity index (χ2n) is 1.91. The topological polar surface area (TPSA) is 52.3 Å². The lowest BCUT2D eigenvalue weighted by atomic mass is 10.3. The van der Waals surface area contributed by atoms with E-state index in [2.05, 4.69) is 0 Å². The fraction of sp³-hybridized carbons (Fsp3) is 0.833. The van der Waals surface area contributed by atoms with Crippen LogP contribution in [0.3, 0.4) is 0 Å². The third-order valence-electron chi connectivity index (χ3n) is 1.06. The first-order chi connectivity index (χ1) is 4.18. The third-order valence-corrected chi connectivity index (χ3v) is 1.06. The van der Waals surface area contributed by atoms with Gasteiger partial charge in [0.2, 0.25) is 0 Å². The molecule has 0 amide bonds. The van der Waals surface area contributed by atoms with Crippen LogP contribution in [-0.2, 0) is 9.53 Å². The van der Waals surface area contributed by atoms with E-state index in [1.54, 1.807) is 6.92 Å². The van der Waals surface area contributed by atoms with Crippen molar-refractivity contribution in [1.29, 1.82) is 0 Å². The van der Waals surface area contributed by atoms with Crippen LogP contribution >= 0.6 is 0 Å². The van der Waals surface area contributed by atoms with Crippen molar-refractivity contribution in [2.75, 3.05) is 13.2 Å². The minimum atomic E-state index is -0.298. The lowest BCUT2D eigenvalue weighted by molar-refractivity contribution is -0.127. The summed E-state index contributed by atoms with van der Waals surface area (Å²) in [5.41, 5.74) is 5.14. The van der Waals surface area contributed by atoms with Gasteiger partial charge in [-0.05, 0) is 13.8 Å². The van der Waals surface area contributed by atoms with Crippen LogP contribution in [0.5, 0.6) is 0 Å². The Morgan fingerprint density at radius 3 is 2.67 bits per heavy atom. The zero-order chi connectivity index (χ0) is 7.28. The molecule has 0 aromatic heterocycles. The van der Waals surface area contributed by atoms with E-state index in [1.165, 1.54) is 6.92 Å². The molecule has 0 aromatic carbocycles. The highest BCUT2D eigenvalue weighted by Gasteiger charge is 2.04. The van der Waals surface area contributed by atoms with Crippen LogP contribution in [0.1, 0.15) is 13.8 Å². The Kier molecular flexibility index (Phi) is 4.26. The zero-order valence-electron chi connectivity index (χ0n) is 5.89. The number of rotatable bonds is 4. The highest BCUT2D eigenvalue weighted by Crippen LogP contribution is 1.89. The van der Waals surface area contributed by atoms with Crippen molar-refractivity contribution in [2.24, 2.45) is 5.73 Å². The van der Waals surface area contributed by atoms with Gasteiger partial charge in [-0.2, -0.15) is 0 Å². The molecule has 54 valence electrons. The maximum atomic E-state index is 10.5. The molecule has 0 saturated carbocycles. The lowest BCUT2D eigenvalue weighted by Gasteiger charge is -2.06. The largest absolute Gasteiger partial charge is 0.369 e. The van der Waals surface area contributed by atoms with Crippen molar-refractivity contribution in [1.82, 2.24) is 0 Å². The molecule has 3 heteroatoms. The summed E-state index contributed by atoms with van der Waals surface area (Å²) >= 11 is 0. The Morgan fingerprint density at radius 1 is 1.78 bits per heavy atom. The quantitative estimate of drug-likeness (QED) is 0.581. The number of ketones is 1. The molecule has 3 nitrogen and oxygen atoms in total.